The Morgan fingerprint density at radius 3 is 2.88 bits per heavy atom. The molecule has 130 valence electrons. The number of pyridine rings is 2. The Bertz CT molecular complexity index is 763. The molecule has 2 aromatic heterocycles. The SMILES string of the molecule is Cc1cncc(C(=O)N2CC[C@@]3(CCCN(c4ccccn4)C3)C2)c1. The normalized spacial score (nSPS) is 23.2. The van der Waals surface area contributed by atoms with Gasteiger partial charge in [0.25, 0.3) is 5.91 Å². The van der Waals surface area contributed by atoms with E-state index in [0.29, 0.717) is 5.56 Å². The average molecular weight is 336 g/mol. The fourth-order valence-electron chi connectivity index (χ4n) is 4.24. The molecule has 2 aromatic rings. The molecule has 0 aliphatic carbocycles. The van der Waals surface area contributed by atoms with Gasteiger partial charge in [-0.05, 0) is 49.9 Å². The van der Waals surface area contributed by atoms with Crippen molar-refractivity contribution in [1.29, 1.82) is 0 Å². The summed E-state index contributed by atoms with van der Waals surface area (Å²) < 4.78 is 0. The summed E-state index contributed by atoms with van der Waals surface area (Å²) in [6.45, 7) is 5.68. The van der Waals surface area contributed by atoms with Gasteiger partial charge < -0.3 is 9.80 Å². The second-order valence-electron chi connectivity index (χ2n) is 7.44. The van der Waals surface area contributed by atoms with Gasteiger partial charge in [-0.2, -0.15) is 0 Å². The van der Waals surface area contributed by atoms with Crippen LogP contribution in [0.15, 0.2) is 42.9 Å². The molecule has 2 fully saturated rings. The van der Waals surface area contributed by atoms with Crippen molar-refractivity contribution < 1.29 is 4.79 Å². The van der Waals surface area contributed by atoms with E-state index in [9.17, 15) is 4.79 Å². The summed E-state index contributed by atoms with van der Waals surface area (Å²) in [4.78, 5) is 25.9. The lowest BCUT2D eigenvalue weighted by Crippen LogP contribution is -2.45. The Hall–Kier alpha value is -2.43. The van der Waals surface area contributed by atoms with E-state index >= 15 is 0 Å². The third-order valence-corrected chi connectivity index (χ3v) is 5.48. The Morgan fingerprint density at radius 1 is 1.16 bits per heavy atom. The van der Waals surface area contributed by atoms with Crippen molar-refractivity contribution in [3.05, 3.63) is 54.0 Å². The van der Waals surface area contributed by atoms with Gasteiger partial charge in [0.1, 0.15) is 5.82 Å². The van der Waals surface area contributed by atoms with E-state index in [0.717, 1.165) is 50.4 Å². The van der Waals surface area contributed by atoms with Crippen LogP contribution in [-0.2, 0) is 0 Å². The summed E-state index contributed by atoms with van der Waals surface area (Å²) >= 11 is 0. The van der Waals surface area contributed by atoms with Gasteiger partial charge in [-0.1, -0.05) is 6.07 Å². The molecular weight excluding hydrogens is 312 g/mol. The first-order valence-corrected chi connectivity index (χ1v) is 9.02. The molecule has 0 radical (unpaired) electrons. The molecule has 2 aliphatic heterocycles. The Labute approximate surface area is 148 Å². The quantitative estimate of drug-likeness (QED) is 0.846. The number of piperidine rings is 1. The van der Waals surface area contributed by atoms with Gasteiger partial charge in [0.2, 0.25) is 0 Å². The van der Waals surface area contributed by atoms with Crippen molar-refractivity contribution in [3.8, 4) is 0 Å². The molecule has 2 saturated heterocycles. The number of amides is 1. The number of aromatic nitrogens is 2. The zero-order chi connectivity index (χ0) is 17.3. The van der Waals surface area contributed by atoms with Crippen molar-refractivity contribution in [1.82, 2.24) is 14.9 Å². The molecule has 25 heavy (non-hydrogen) atoms. The van der Waals surface area contributed by atoms with E-state index in [-0.39, 0.29) is 11.3 Å². The summed E-state index contributed by atoms with van der Waals surface area (Å²) in [5, 5.41) is 0. The number of aryl methyl sites for hydroxylation is 1. The average Bonchev–Trinajstić information content (AvgIpc) is 3.05. The van der Waals surface area contributed by atoms with E-state index in [1.165, 1.54) is 6.42 Å². The van der Waals surface area contributed by atoms with Gasteiger partial charge >= 0.3 is 0 Å². The number of carbonyl (C=O) groups excluding carboxylic acids is 1. The van der Waals surface area contributed by atoms with Crippen LogP contribution in [0, 0.1) is 12.3 Å². The first-order valence-electron chi connectivity index (χ1n) is 9.02. The van der Waals surface area contributed by atoms with E-state index in [4.69, 9.17) is 0 Å². The molecule has 5 nitrogen and oxygen atoms in total. The van der Waals surface area contributed by atoms with E-state index in [1.807, 2.05) is 36.2 Å². The molecule has 0 N–H and O–H groups in total. The highest BCUT2D eigenvalue weighted by atomic mass is 16.2. The van der Waals surface area contributed by atoms with Crippen molar-refractivity contribution >= 4 is 11.7 Å². The van der Waals surface area contributed by atoms with Gasteiger partial charge in [0.15, 0.2) is 0 Å². The van der Waals surface area contributed by atoms with Crippen LogP contribution < -0.4 is 4.90 Å². The zero-order valence-corrected chi connectivity index (χ0v) is 14.7. The maximum absolute atomic E-state index is 12.8. The Balaban J connectivity index is 1.48. The van der Waals surface area contributed by atoms with Crippen LogP contribution in [0.4, 0.5) is 5.82 Å². The number of rotatable bonds is 2. The smallest absolute Gasteiger partial charge is 0.255 e. The molecule has 0 aromatic carbocycles. The Kier molecular flexibility index (Phi) is 4.15. The lowest BCUT2D eigenvalue weighted by molar-refractivity contribution is 0.0767. The van der Waals surface area contributed by atoms with Crippen LogP contribution in [0.25, 0.3) is 0 Å². The number of carbonyl (C=O) groups is 1. The molecule has 1 atom stereocenters. The van der Waals surface area contributed by atoms with Crippen LogP contribution in [0.1, 0.15) is 35.2 Å². The number of hydrogen-bond donors (Lipinski definition) is 0. The lowest BCUT2D eigenvalue weighted by atomic mass is 9.79. The van der Waals surface area contributed by atoms with Gasteiger partial charge in [-0.25, -0.2) is 4.98 Å². The first kappa shape index (κ1) is 16.1. The minimum absolute atomic E-state index is 0.114. The predicted molar refractivity (Wildman–Crippen MR) is 97.6 cm³/mol. The molecule has 2 aliphatic rings. The molecule has 4 heterocycles. The molecule has 5 heteroatoms. The van der Waals surface area contributed by atoms with E-state index < -0.39 is 0 Å². The second kappa shape index (κ2) is 6.47. The van der Waals surface area contributed by atoms with Gasteiger partial charge in [0, 0.05) is 50.2 Å². The molecule has 1 amide bonds. The van der Waals surface area contributed by atoms with Crippen LogP contribution in [0.5, 0.6) is 0 Å². The van der Waals surface area contributed by atoms with E-state index in [2.05, 4.69) is 20.9 Å². The van der Waals surface area contributed by atoms with Gasteiger partial charge in [0.05, 0.1) is 5.56 Å². The van der Waals surface area contributed by atoms with Crippen molar-refractivity contribution in [3.63, 3.8) is 0 Å². The van der Waals surface area contributed by atoms with Crippen molar-refractivity contribution in [2.24, 2.45) is 5.41 Å². The minimum Gasteiger partial charge on any atom is -0.356 e. The fraction of sp³-hybridized carbons (Fsp3) is 0.450. The molecule has 1 spiro atoms. The summed E-state index contributed by atoms with van der Waals surface area (Å²) in [5.41, 5.74) is 1.93. The number of anilines is 1. The topological polar surface area (TPSA) is 49.3 Å². The summed E-state index contributed by atoms with van der Waals surface area (Å²) in [7, 11) is 0. The maximum Gasteiger partial charge on any atom is 0.255 e. The van der Waals surface area contributed by atoms with Crippen LogP contribution in [0.3, 0.4) is 0 Å². The van der Waals surface area contributed by atoms with Crippen LogP contribution in [0.2, 0.25) is 0 Å². The Morgan fingerprint density at radius 2 is 2.08 bits per heavy atom. The fourth-order valence-corrected chi connectivity index (χ4v) is 4.24. The minimum atomic E-state index is 0.114. The summed E-state index contributed by atoms with van der Waals surface area (Å²) in [6, 6.07) is 8.00. The third kappa shape index (κ3) is 3.23. The summed E-state index contributed by atoms with van der Waals surface area (Å²) in [5.74, 6) is 1.16. The highest BCUT2D eigenvalue weighted by Crippen LogP contribution is 2.40. The molecular formula is C20H24N4O. The first-order chi connectivity index (χ1) is 12.2. The highest BCUT2D eigenvalue weighted by molar-refractivity contribution is 5.94. The monoisotopic (exact) mass is 336 g/mol. The zero-order valence-electron chi connectivity index (χ0n) is 14.7. The number of nitrogens with zero attached hydrogens (tertiary/aromatic N) is 4. The van der Waals surface area contributed by atoms with Crippen molar-refractivity contribution in [2.45, 2.75) is 26.2 Å². The third-order valence-electron chi connectivity index (χ3n) is 5.48. The lowest BCUT2D eigenvalue weighted by Gasteiger charge is -2.41. The largest absolute Gasteiger partial charge is 0.356 e. The van der Waals surface area contributed by atoms with Crippen molar-refractivity contribution in [2.75, 3.05) is 31.1 Å². The standard InChI is InChI=1S/C20H24N4O/c1-16-11-17(13-21-12-16)19(25)24-10-7-20(15-24)6-4-9-23(14-20)18-5-2-3-8-22-18/h2-3,5,8,11-13H,4,6-7,9-10,14-15H2,1H3/t20-/m1/s1. The molecule has 4 rings (SSSR count). The number of hydrogen-bond acceptors (Lipinski definition) is 4. The molecule has 0 bridgehead atoms. The van der Waals surface area contributed by atoms with E-state index in [1.54, 1.807) is 12.4 Å². The molecule has 0 saturated carbocycles. The summed E-state index contributed by atoms with van der Waals surface area (Å²) in [6.07, 6.45) is 8.74. The number of likely N-dealkylation sites (tertiary alicyclic amines) is 1. The van der Waals surface area contributed by atoms with Crippen LogP contribution >= 0.6 is 0 Å². The maximum atomic E-state index is 12.8. The van der Waals surface area contributed by atoms with Crippen LogP contribution in [-0.4, -0.2) is 47.0 Å². The van der Waals surface area contributed by atoms with Gasteiger partial charge in [-0.15, -0.1) is 0 Å². The predicted octanol–water partition coefficient (Wildman–Crippen LogP) is 2.92. The highest BCUT2D eigenvalue weighted by Gasteiger charge is 2.43. The molecule has 0 unspecified atom stereocenters. The second-order valence-corrected chi connectivity index (χ2v) is 7.44. The van der Waals surface area contributed by atoms with Gasteiger partial charge in [-0.3, -0.25) is 9.78 Å².